The number of nitrogen functional groups attached to an aromatic ring is 1. The molecule has 0 spiro atoms. The van der Waals surface area contributed by atoms with E-state index in [1.165, 1.54) is 13.0 Å². The standard InChI is InChI=1S/C32H37N3O7/c1-3-40-29(10-6-7-11-30(38)35-28-9-5-4-8-27(28)33)31(24-14-18-26(19-15-24)41-21-20-36)42-32(39)34-25-16-12-23(13-17-25)22(2)37/h4-5,7-9,11-19,29,31,36H,3,6,10,20-21,33H2,1-2H3,(H,34,39)(H,35,38)/b11-7+/t29-,31-/m1/s1. The zero-order valence-corrected chi connectivity index (χ0v) is 23.7. The predicted molar refractivity (Wildman–Crippen MR) is 162 cm³/mol. The van der Waals surface area contributed by atoms with Gasteiger partial charge in [-0.05, 0) is 86.9 Å². The van der Waals surface area contributed by atoms with Gasteiger partial charge in [0.1, 0.15) is 12.4 Å². The van der Waals surface area contributed by atoms with Crippen LogP contribution in [0.2, 0.25) is 0 Å². The number of hydrogen-bond acceptors (Lipinski definition) is 8. The molecule has 0 aliphatic carbocycles. The molecule has 5 N–H and O–H groups in total. The lowest BCUT2D eigenvalue weighted by atomic mass is 10.00. The third-order valence-corrected chi connectivity index (χ3v) is 6.16. The van der Waals surface area contributed by atoms with Crippen LogP contribution in [0.4, 0.5) is 21.9 Å². The average molecular weight is 576 g/mol. The molecule has 2 amide bonds. The molecule has 0 aromatic heterocycles. The van der Waals surface area contributed by atoms with Gasteiger partial charge in [-0.25, -0.2) is 4.79 Å². The van der Waals surface area contributed by atoms with E-state index in [4.69, 9.17) is 25.1 Å². The summed E-state index contributed by atoms with van der Waals surface area (Å²) in [6.45, 7) is 3.73. The molecule has 0 bridgehead atoms. The Morgan fingerprint density at radius 2 is 1.69 bits per heavy atom. The molecule has 3 aromatic rings. The molecular formula is C32H37N3O7. The number of ether oxygens (including phenoxy) is 3. The molecule has 10 nitrogen and oxygen atoms in total. The van der Waals surface area contributed by atoms with Crippen LogP contribution >= 0.6 is 0 Å². The zero-order valence-electron chi connectivity index (χ0n) is 23.7. The number of amides is 2. The Morgan fingerprint density at radius 1 is 0.976 bits per heavy atom. The summed E-state index contributed by atoms with van der Waals surface area (Å²) in [5, 5.41) is 14.5. The van der Waals surface area contributed by atoms with Gasteiger partial charge in [0.05, 0.1) is 24.1 Å². The van der Waals surface area contributed by atoms with Crippen molar-refractivity contribution in [1.82, 2.24) is 0 Å². The van der Waals surface area contributed by atoms with Crippen LogP contribution in [0.1, 0.15) is 48.7 Å². The highest BCUT2D eigenvalue weighted by Gasteiger charge is 2.27. The molecule has 3 aromatic carbocycles. The van der Waals surface area contributed by atoms with Crippen LogP contribution in [0, 0.1) is 0 Å². The summed E-state index contributed by atoms with van der Waals surface area (Å²) in [6.07, 6.45) is 2.03. The van der Waals surface area contributed by atoms with Crippen molar-refractivity contribution in [3.05, 3.63) is 96.1 Å². The van der Waals surface area contributed by atoms with Crippen LogP contribution in [-0.4, -0.2) is 48.8 Å². The summed E-state index contributed by atoms with van der Waals surface area (Å²) in [5.74, 6) is 0.163. The Kier molecular flexibility index (Phi) is 12.6. The van der Waals surface area contributed by atoms with Gasteiger partial charge in [-0.3, -0.25) is 14.9 Å². The zero-order chi connectivity index (χ0) is 30.3. The molecule has 222 valence electrons. The molecular weight excluding hydrogens is 538 g/mol. The van der Waals surface area contributed by atoms with E-state index in [0.29, 0.717) is 53.4 Å². The summed E-state index contributed by atoms with van der Waals surface area (Å²) in [7, 11) is 0. The van der Waals surface area contributed by atoms with Crippen molar-refractivity contribution in [3.63, 3.8) is 0 Å². The van der Waals surface area contributed by atoms with Crippen molar-refractivity contribution < 1.29 is 33.7 Å². The smallest absolute Gasteiger partial charge is 0.412 e. The van der Waals surface area contributed by atoms with Gasteiger partial charge >= 0.3 is 6.09 Å². The van der Waals surface area contributed by atoms with E-state index in [9.17, 15) is 14.4 Å². The minimum Gasteiger partial charge on any atom is -0.491 e. The van der Waals surface area contributed by atoms with Crippen LogP contribution in [-0.2, 0) is 14.3 Å². The number of anilines is 3. The number of carbonyl (C=O) groups excluding carboxylic acids is 3. The number of rotatable bonds is 15. The first-order chi connectivity index (χ1) is 20.3. The summed E-state index contributed by atoms with van der Waals surface area (Å²) in [5.41, 5.74) is 8.56. The van der Waals surface area contributed by atoms with Gasteiger partial charge in [0.25, 0.3) is 0 Å². The largest absolute Gasteiger partial charge is 0.491 e. The van der Waals surface area contributed by atoms with Gasteiger partial charge in [0.2, 0.25) is 5.91 Å². The van der Waals surface area contributed by atoms with Crippen molar-refractivity contribution in [2.75, 3.05) is 36.2 Å². The van der Waals surface area contributed by atoms with Crippen LogP contribution in [0.3, 0.4) is 0 Å². The monoisotopic (exact) mass is 575 g/mol. The van der Waals surface area contributed by atoms with E-state index in [0.717, 1.165) is 0 Å². The number of carbonyl (C=O) groups is 3. The van der Waals surface area contributed by atoms with E-state index in [2.05, 4.69) is 10.6 Å². The van der Waals surface area contributed by atoms with E-state index < -0.39 is 18.3 Å². The number of hydrogen-bond donors (Lipinski definition) is 4. The highest BCUT2D eigenvalue weighted by atomic mass is 16.6. The van der Waals surface area contributed by atoms with Crippen molar-refractivity contribution in [2.24, 2.45) is 0 Å². The highest BCUT2D eigenvalue weighted by Crippen LogP contribution is 2.29. The Hall–Kier alpha value is -4.67. The molecule has 10 heteroatoms. The van der Waals surface area contributed by atoms with E-state index in [1.807, 2.05) is 6.92 Å². The number of Topliss-reactive ketones (excluding diaryl/α,β-unsaturated/α-hetero) is 1. The first-order valence-electron chi connectivity index (χ1n) is 13.7. The topological polar surface area (TPSA) is 149 Å². The first-order valence-corrected chi connectivity index (χ1v) is 13.7. The summed E-state index contributed by atoms with van der Waals surface area (Å²) < 4.78 is 17.3. The Labute approximate surface area is 245 Å². The molecule has 0 unspecified atom stereocenters. The van der Waals surface area contributed by atoms with Crippen LogP contribution < -0.4 is 21.1 Å². The normalized spacial score (nSPS) is 12.4. The Balaban J connectivity index is 1.72. The molecule has 0 fully saturated rings. The van der Waals surface area contributed by atoms with E-state index in [1.54, 1.807) is 78.9 Å². The maximum Gasteiger partial charge on any atom is 0.412 e. The fraction of sp³-hybridized carbons (Fsp3) is 0.281. The molecule has 0 heterocycles. The lowest BCUT2D eigenvalue weighted by Crippen LogP contribution is -2.29. The quantitative estimate of drug-likeness (QED) is 0.105. The highest BCUT2D eigenvalue weighted by molar-refractivity contribution is 6.01. The fourth-order valence-electron chi connectivity index (χ4n) is 4.10. The maximum absolute atomic E-state index is 13.0. The van der Waals surface area contributed by atoms with Crippen LogP contribution in [0.5, 0.6) is 5.75 Å². The Bertz CT molecular complexity index is 1340. The molecule has 0 aliphatic rings. The van der Waals surface area contributed by atoms with Crippen molar-refractivity contribution in [1.29, 1.82) is 0 Å². The second-order valence-electron chi connectivity index (χ2n) is 9.28. The fourth-order valence-corrected chi connectivity index (χ4v) is 4.10. The number of aliphatic hydroxyl groups is 1. The molecule has 42 heavy (non-hydrogen) atoms. The minimum absolute atomic E-state index is 0.0779. The van der Waals surface area contributed by atoms with Gasteiger partial charge in [0, 0.05) is 17.9 Å². The van der Waals surface area contributed by atoms with Crippen LogP contribution in [0.25, 0.3) is 0 Å². The van der Waals surface area contributed by atoms with E-state index in [-0.39, 0.29) is 24.9 Å². The number of aliphatic hydroxyl groups excluding tert-OH is 1. The molecule has 0 saturated carbocycles. The van der Waals surface area contributed by atoms with Gasteiger partial charge < -0.3 is 30.4 Å². The van der Waals surface area contributed by atoms with Gasteiger partial charge in [-0.15, -0.1) is 0 Å². The number of para-hydroxylation sites is 2. The summed E-state index contributed by atoms with van der Waals surface area (Å²) in [6, 6.07) is 20.5. The van der Waals surface area contributed by atoms with Gasteiger partial charge in [0.15, 0.2) is 11.9 Å². The number of benzene rings is 3. The minimum atomic E-state index is -0.792. The van der Waals surface area contributed by atoms with Gasteiger partial charge in [-0.1, -0.05) is 30.3 Å². The molecule has 0 saturated heterocycles. The molecule has 0 aliphatic heterocycles. The molecule has 3 rings (SSSR count). The number of ketones is 1. The second-order valence-corrected chi connectivity index (χ2v) is 9.28. The summed E-state index contributed by atoms with van der Waals surface area (Å²) >= 11 is 0. The number of allylic oxidation sites excluding steroid dienone is 1. The van der Waals surface area contributed by atoms with Crippen molar-refractivity contribution in [3.8, 4) is 5.75 Å². The maximum atomic E-state index is 13.0. The van der Waals surface area contributed by atoms with Gasteiger partial charge in [-0.2, -0.15) is 0 Å². The lowest BCUT2D eigenvalue weighted by Gasteiger charge is -2.27. The second kappa shape index (κ2) is 16.6. The number of nitrogens with one attached hydrogen (secondary N) is 2. The third-order valence-electron chi connectivity index (χ3n) is 6.16. The Morgan fingerprint density at radius 3 is 2.33 bits per heavy atom. The SMILES string of the molecule is CCO[C@H](CC/C=C/C(=O)Nc1ccccc1N)[C@H](OC(=O)Nc1ccc(C(C)=O)cc1)c1ccc(OCCO)cc1. The van der Waals surface area contributed by atoms with E-state index >= 15 is 0 Å². The molecule has 2 atom stereocenters. The van der Waals surface area contributed by atoms with Crippen LogP contribution in [0.15, 0.2) is 84.9 Å². The lowest BCUT2D eigenvalue weighted by molar-refractivity contribution is -0.111. The summed E-state index contributed by atoms with van der Waals surface area (Å²) in [4.78, 5) is 36.9. The average Bonchev–Trinajstić information content (AvgIpc) is 2.98. The van der Waals surface area contributed by atoms with Crippen molar-refractivity contribution in [2.45, 2.75) is 38.9 Å². The molecule has 0 radical (unpaired) electrons. The first kappa shape index (κ1) is 31.9. The third kappa shape index (κ3) is 10.1. The predicted octanol–water partition coefficient (Wildman–Crippen LogP) is 5.51. The van der Waals surface area contributed by atoms with Crippen molar-refractivity contribution >= 4 is 34.8 Å². The number of nitrogens with two attached hydrogens (primary N) is 1.